The molecule has 120 valence electrons. The van der Waals surface area contributed by atoms with Crippen LogP contribution in [0, 0.1) is 0 Å². The summed E-state index contributed by atoms with van der Waals surface area (Å²) in [5.74, 6) is -0.463. The van der Waals surface area contributed by atoms with Crippen LogP contribution in [0.25, 0.3) is 0 Å². The van der Waals surface area contributed by atoms with Gasteiger partial charge in [0.25, 0.3) is 0 Å². The number of alkyl halides is 3. The van der Waals surface area contributed by atoms with E-state index in [9.17, 15) is 22.8 Å². The Morgan fingerprint density at radius 2 is 1.82 bits per heavy atom. The van der Waals surface area contributed by atoms with Gasteiger partial charge in [-0.25, -0.2) is 0 Å². The third-order valence-electron chi connectivity index (χ3n) is 3.50. The van der Waals surface area contributed by atoms with Crippen molar-refractivity contribution in [3.8, 4) is 0 Å². The van der Waals surface area contributed by atoms with Crippen molar-refractivity contribution in [1.29, 1.82) is 0 Å². The highest BCUT2D eigenvalue weighted by Crippen LogP contribution is 2.29. The summed E-state index contributed by atoms with van der Waals surface area (Å²) in [7, 11) is 0. The predicted octanol–water partition coefficient (Wildman–Crippen LogP) is 3.05. The summed E-state index contributed by atoms with van der Waals surface area (Å²) in [6, 6.07) is 4.22. The SMILES string of the molecule is O=C(CN1CCCCCC1=O)Nc1ccc(C(F)(F)F)cc1. The molecular formula is C15H17F3N2O2. The van der Waals surface area contributed by atoms with Gasteiger partial charge < -0.3 is 10.2 Å². The zero-order chi connectivity index (χ0) is 16.2. The summed E-state index contributed by atoms with van der Waals surface area (Å²) in [5.41, 5.74) is -0.492. The predicted molar refractivity (Wildman–Crippen MR) is 75.1 cm³/mol. The zero-order valence-electron chi connectivity index (χ0n) is 11.9. The van der Waals surface area contributed by atoms with Crippen LogP contribution < -0.4 is 5.32 Å². The molecule has 0 bridgehead atoms. The maximum absolute atomic E-state index is 12.4. The standard InChI is InChI=1S/C15H17F3N2O2/c16-15(17,18)11-5-7-12(8-6-11)19-13(21)10-20-9-3-1-2-4-14(20)22/h5-8H,1-4,9-10H2,(H,19,21). The quantitative estimate of drug-likeness (QED) is 0.932. The van der Waals surface area contributed by atoms with E-state index in [4.69, 9.17) is 0 Å². The van der Waals surface area contributed by atoms with Crippen LogP contribution in [0.3, 0.4) is 0 Å². The van der Waals surface area contributed by atoms with Gasteiger partial charge in [0.15, 0.2) is 0 Å². The molecule has 1 aliphatic heterocycles. The third kappa shape index (κ3) is 4.47. The lowest BCUT2D eigenvalue weighted by molar-refractivity contribution is -0.137. The summed E-state index contributed by atoms with van der Waals surface area (Å²) in [4.78, 5) is 25.2. The molecule has 0 aromatic heterocycles. The molecule has 1 N–H and O–H groups in total. The van der Waals surface area contributed by atoms with Crippen molar-refractivity contribution >= 4 is 17.5 Å². The van der Waals surface area contributed by atoms with Crippen LogP contribution in [0.5, 0.6) is 0 Å². The van der Waals surface area contributed by atoms with E-state index in [2.05, 4.69) is 5.32 Å². The van der Waals surface area contributed by atoms with Crippen molar-refractivity contribution in [2.75, 3.05) is 18.4 Å². The maximum atomic E-state index is 12.4. The third-order valence-corrected chi connectivity index (χ3v) is 3.50. The fourth-order valence-corrected chi connectivity index (χ4v) is 2.32. The van der Waals surface area contributed by atoms with Gasteiger partial charge in [-0.2, -0.15) is 13.2 Å². The van der Waals surface area contributed by atoms with E-state index in [0.29, 0.717) is 13.0 Å². The average molecular weight is 314 g/mol. The van der Waals surface area contributed by atoms with E-state index < -0.39 is 17.6 Å². The minimum absolute atomic E-state index is 0.0555. The summed E-state index contributed by atoms with van der Waals surface area (Å²) in [6.07, 6.45) is -1.31. The molecule has 0 spiro atoms. The Hall–Kier alpha value is -2.05. The number of hydrogen-bond donors (Lipinski definition) is 1. The first-order valence-electron chi connectivity index (χ1n) is 7.11. The van der Waals surface area contributed by atoms with Gasteiger partial charge in [-0.05, 0) is 37.1 Å². The summed E-state index contributed by atoms with van der Waals surface area (Å²) in [5, 5.41) is 2.51. The lowest BCUT2D eigenvalue weighted by Crippen LogP contribution is -2.37. The largest absolute Gasteiger partial charge is 0.416 e. The van der Waals surface area contributed by atoms with Crippen LogP contribution in [-0.2, 0) is 15.8 Å². The molecular weight excluding hydrogens is 297 g/mol. The summed E-state index contributed by atoms with van der Waals surface area (Å²) < 4.78 is 37.3. The maximum Gasteiger partial charge on any atom is 0.416 e. The Bertz CT molecular complexity index is 541. The first kappa shape index (κ1) is 16.3. The van der Waals surface area contributed by atoms with Gasteiger partial charge in [0.2, 0.25) is 11.8 Å². The van der Waals surface area contributed by atoms with Crippen LogP contribution in [0.2, 0.25) is 0 Å². The molecule has 2 amide bonds. The number of rotatable bonds is 3. The molecule has 1 aromatic rings. The molecule has 1 aromatic carbocycles. The highest BCUT2D eigenvalue weighted by molar-refractivity contribution is 5.94. The topological polar surface area (TPSA) is 49.4 Å². The van der Waals surface area contributed by atoms with E-state index in [1.165, 1.54) is 17.0 Å². The lowest BCUT2D eigenvalue weighted by atomic mass is 10.2. The summed E-state index contributed by atoms with van der Waals surface area (Å²) >= 11 is 0. The lowest BCUT2D eigenvalue weighted by Gasteiger charge is -2.19. The van der Waals surface area contributed by atoms with Crippen molar-refractivity contribution in [1.82, 2.24) is 4.90 Å². The van der Waals surface area contributed by atoms with E-state index in [-0.39, 0.29) is 18.1 Å². The van der Waals surface area contributed by atoms with Gasteiger partial charge in [-0.3, -0.25) is 9.59 Å². The highest BCUT2D eigenvalue weighted by atomic mass is 19.4. The van der Waals surface area contributed by atoms with Gasteiger partial charge in [0, 0.05) is 18.7 Å². The van der Waals surface area contributed by atoms with Gasteiger partial charge in [-0.1, -0.05) is 6.42 Å². The molecule has 1 aliphatic rings. The Morgan fingerprint density at radius 1 is 1.14 bits per heavy atom. The molecule has 2 rings (SSSR count). The molecule has 0 unspecified atom stereocenters. The first-order valence-corrected chi connectivity index (χ1v) is 7.11. The first-order chi connectivity index (χ1) is 10.4. The fourth-order valence-electron chi connectivity index (χ4n) is 2.32. The Morgan fingerprint density at radius 3 is 2.45 bits per heavy atom. The minimum atomic E-state index is -4.40. The Kier molecular flexibility index (Phi) is 5.05. The minimum Gasteiger partial charge on any atom is -0.333 e. The number of nitrogens with zero attached hydrogens (tertiary/aromatic N) is 1. The number of hydrogen-bond acceptors (Lipinski definition) is 2. The van der Waals surface area contributed by atoms with E-state index in [0.717, 1.165) is 31.4 Å². The zero-order valence-corrected chi connectivity index (χ0v) is 11.9. The van der Waals surface area contributed by atoms with Gasteiger partial charge in [0.05, 0.1) is 12.1 Å². The average Bonchev–Trinajstić information content (AvgIpc) is 2.64. The second-order valence-electron chi connectivity index (χ2n) is 5.25. The van der Waals surface area contributed by atoms with Crippen molar-refractivity contribution < 1.29 is 22.8 Å². The van der Waals surface area contributed by atoms with Crippen molar-refractivity contribution in [2.24, 2.45) is 0 Å². The molecule has 0 atom stereocenters. The number of carbonyl (C=O) groups excluding carboxylic acids is 2. The van der Waals surface area contributed by atoms with E-state index in [1.807, 2.05) is 0 Å². The number of nitrogens with one attached hydrogen (secondary N) is 1. The molecule has 1 saturated heterocycles. The number of anilines is 1. The molecule has 0 radical (unpaired) electrons. The van der Waals surface area contributed by atoms with Gasteiger partial charge in [0.1, 0.15) is 0 Å². The second kappa shape index (κ2) is 6.81. The number of carbonyl (C=O) groups is 2. The van der Waals surface area contributed by atoms with Crippen molar-refractivity contribution in [3.63, 3.8) is 0 Å². The van der Waals surface area contributed by atoms with Crippen LogP contribution in [0.15, 0.2) is 24.3 Å². The van der Waals surface area contributed by atoms with E-state index in [1.54, 1.807) is 0 Å². The van der Waals surface area contributed by atoms with E-state index >= 15 is 0 Å². The normalized spacial score (nSPS) is 16.3. The molecule has 7 heteroatoms. The van der Waals surface area contributed by atoms with Crippen molar-refractivity contribution in [3.05, 3.63) is 29.8 Å². The number of halogens is 3. The number of likely N-dealkylation sites (tertiary alicyclic amines) is 1. The Labute approximate surface area is 126 Å². The molecule has 1 fully saturated rings. The van der Waals surface area contributed by atoms with Crippen LogP contribution in [-0.4, -0.2) is 29.8 Å². The van der Waals surface area contributed by atoms with Crippen LogP contribution in [0.4, 0.5) is 18.9 Å². The molecule has 4 nitrogen and oxygen atoms in total. The second-order valence-corrected chi connectivity index (χ2v) is 5.25. The Balaban J connectivity index is 1.92. The van der Waals surface area contributed by atoms with Crippen LogP contribution >= 0.6 is 0 Å². The summed E-state index contributed by atoms with van der Waals surface area (Å²) in [6.45, 7) is 0.471. The monoisotopic (exact) mass is 314 g/mol. The van der Waals surface area contributed by atoms with Gasteiger partial charge in [-0.15, -0.1) is 0 Å². The smallest absolute Gasteiger partial charge is 0.333 e. The van der Waals surface area contributed by atoms with Crippen molar-refractivity contribution in [2.45, 2.75) is 31.9 Å². The van der Waals surface area contributed by atoms with Crippen LogP contribution in [0.1, 0.15) is 31.2 Å². The fraction of sp³-hybridized carbons (Fsp3) is 0.467. The van der Waals surface area contributed by atoms with Gasteiger partial charge >= 0.3 is 6.18 Å². The molecule has 1 heterocycles. The molecule has 0 saturated carbocycles. The highest BCUT2D eigenvalue weighted by Gasteiger charge is 2.30. The number of benzene rings is 1. The number of amides is 2. The molecule has 0 aliphatic carbocycles. The molecule has 22 heavy (non-hydrogen) atoms.